The van der Waals surface area contributed by atoms with Gasteiger partial charge in [-0.15, -0.1) is 22.2 Å². The quantitative estimate of drug-likeness (QED) is 0.548. The highest BCUT2D eigenvalue weighted by molar-refractivity contribution is 7.33. The summed E-state index contributed by atoms with van der Waals surface area (Å²) in [6.07, 6.45) is 1.05. The van der Waals surface area contributed by atoms with E-state index in [1.807, 2.05) is 6.07 Å². The van der Waals surface area contributed by atoms with Gasteiger partial charge in [0.1, 0.15) is 0 Å². The topological polar surface area (TPSA) is 0 Å². The molecule has 0 aliphatic carbocycles. The molecule has 1 aromatic rings. The number of hydrogen-bond donors (Lipinski definition) is 0. The molecule has 1 radical (unpaired) electrons. The molecule has 1 rings (SSSR count). The van der Waals surface area contributed by atoms with Crippen LogP contribution in [0.3, 0.4) is 0 Å². The van der Waals surface area contributed by atoms with E-state index in [1.165, 1.54) is 5.56 Å². The summed E-state index contributed by atoms with van der Waals surface area (Å²) in [4.78, 5) is 0. The number of benzene rings is 1. The molecule has 0 aliphatic rings. The van der Waals surface area contributed by atoms with Gasteiger partial charge in [-0.05, 0) is 23.4 Å². The lowest BCUT2D eigenvalue weighted by atomic mass is 9.82. The van der Waals surface area contributed by atoms with Gasteiger partial charge in [0.15, 0.2) is 0 Å². The average Bonchev–Trinajstić information content (AvgIpc) is 2.16. The van der Waals surface area contributed by atoms with Crippen molar-refractivity contribution < 1.29 is 0 Å². The Morgan fingerprint density at radius 1 is 1.14 bits per heavy atom. The van der Waals surface area contributed by atoms with E-state index in [4.69, 9.17) is 22.2 Å². The lowest BCUT2D eigenvalue weighted by molar-refractivity contribution is 0.505. The van der Waals surface area contributed by atoms with Gasteiger partial charge in [-0.1, -0.05) is 44.2 Å². The fourth-order valence-electron chi connectivity index (χ4n) is 1.44. The monoisotopic (exact) mass is 245 g/mol. The van der Waals surface area contributed by atoms with Crippen LogP contribution in [-0.4, -0.2) is 7.42 Å². The minimum Gasteiger partial charge on any atom is -0.147 e. The second-order valence-electron chi connectivity index (χ2n) is 4.09. The molecule has 0 bridgehead atoms. The average molecular weight is 246 g/mol. The molecule has 0 aromatic heterocycles. The van der Waals surface area contributed by atoms with E-state index < -0.39 is 7.42 Å². The normalized spacial score (nSPS) is 12.1. The van der Waals surface area contributed by atoms with Crippen LogP contribution in [0.15, 0.2) is 30.3 Å². The number of rotatable bonds is 4. The maximum absolute atomic E-state index is 5.84. The summed E-state index contributed by atoms with van der Waals surface area (Å²) < 4.78 is 0. The molecule has 0 heterocycles. The summed E-state index contributed by atoms with van der Waals surface area (Å²) in [6.45, 7) is 4.47. The molecule has 0 amide bonds. The summed E-state index contributed by atoms with van der Waals surface area (Å²) in [6, 6.07) is 11.5. The molecule has 3 heteroatoms. The van der Waals surface area contributed by atoms with Gasteiger partial charge in [-0.25, -0.2) is 0 Å². The molecule has 14 heavy (non-hydrogen) atoms. The van der Waals surface area contributed by atoms with Crippen molar-refractivity contribution in [3.63, 3.8) is 0 Å². The predicted molar refractivity (Wildman–Crippen MR) is 66.4 cm³/mol. The first kappa shape index (κ1) is 12.1. The predicted octanol–water partition coefficient (Wildman–Crippen LogP) is 4.32. The van der Waals surface area contributed by atoms with Crippen LogP contribution < -0.4 is 0 Å². The van der Waals surface area contributed by atoms with Gasteiger partial charge in [0.25, 0.3) is 7.42 Å². The van der Waals surface area contributed by atoms with Crippen molar-refractivity contribution in [3.8, 4) is 0 Å². The Morgan fingerprint density at radius 2 is 1.71 bits per heavy atom. The highest BCUT2D eigenvalue weighted by Crippen LogP contribution is 2.29. The molecule has 0 spiro atoms. The summed E-state index contributed by atoms with van der Waals surface area (Å²) in [5, 5.41) is 0. The van der Waals surface area contributed by atoms with Crippen LogP contribution in [0.2, 0.25) is 6.04 Å². The van der Waals surface area contributed by atoms with E-state index in [0.717, 1.165) is 12.5 Å². The van der Waals surface area contributed by atoms with Crippen molar-refractivity contribution in [2.45, 2.75) is 31.7 Å². The second kappa shape index (κ2) is 5.20. The van der Waals surface area contributed by atoms with Crippen LogP contribution in [0, 0.1) is 0 Å². The molecule has 0 atom stereocenters. The van der Waals surface area contributed by atoms with Crippen molar-refractivity contribution >= 4 is 29.6 Å². The van der Waals surface area contributed by atoms with Crippen molar-refractivity contribution in [1.29, 1.82) is 0 Å². The Balaban J connectivity index is 2.66. The van der Waals surface area contributed by atoms with Crippen molar-refractivity contribution in [1.82, 2.24) is 0 Å². The Bertz CT molecular complexity index is 270. The Labute approximate surface area is 97.3 Å². The van der Waals surface area contributed by atoms with Crippen LogP contribution in [0.25, 0.3) is 0 Å². The van der Waals surface area contributed by atoms with E-state index in [1.54, 1.807) is 0 Å². The van der Waals surface area contributed by atoms with Crippen molar-refractivity contribution in [2.75, 3.05) is 0 Å². The van der Waals surface area contributed by atoms with Gasteiger partial charge in [-0.3, -0.25) is 0 Å². The first-order chi connectivity index (χ1) is 6.52. The first-order valence-corrected chi connectivity index (χ1v) is 8.48. The van der Waals surface area contributed by atoms with E-state index in [2.05, 4.69) is 38.1 Å². The minimum atomic E-state index is -1.13. The molecule has 0 N–H and O–H groups in total. The summed E-state index contributed by atoms with van der Waals surface area (Å²) >= 11 is 11.7. The highest BCUT2D eigenvalue weighted by atomic mass is 35.7. The molecule has 0 fully saturated rings. The fraction of sp³-hybridized carbons (Fsp3) is 0.455. The van der Waals surface area contributed by atoms with E-state index >= 15 is 0 Å². The van der Waals surface area contributed by atoms with Gasteiger partial charge in [0.05, 0.1) is 0 Å². The largest absolute Gasteiger partial charge is 0.273 e. The maximum Gasteiger partial charge on any atom is 0.273 e. The number of hydrogen-bond acceptors (Lipinski definition) is 0. The lowest BCUT2D eigenvalue weighted by Gasteiger charge is -2.25. The molecular weight excluding hydrogens is 231 g/mol. The van der Waals surface area contributed by atoms with Gasteiger partial charge >= 0.3 is 0 Å². The first-order valence-electron chi connectivity index (χ1n) is 4.75. The molecule has 0 saturated heterocycles. The van der Waals surface area contributed by atoms with Gasteiger partial charge < -0.3 is 0 Å². The van der Waals surface area contributed by atoms with E-state index in [-0.39, 0.29) is 5.41 Å². The third kappa shape index (κ3) is 3.64. The highest BCUT2D eigenvalue weighted by Gasteiger charge is 2.21. The van der Waals surface area contributed by atoms with E-state index in [0.29, 0.717) is 0 Å². The molecule has 0 aliphatic heterocycles. The van der Waals surface area contributed by atoms with E-state index in [9.17, 15) is 0 Å². The second-order valence-corrected chi connectivity index (χ2v) is 8.58. The van der Waals surface area contributed by atoms with Crippen molar-refractivity contribution in [3.05, 3.63) is 35.9 Å². The smallest absolute Gasteiger partial charge is 0.147 e. The zero-order valence-corrected chi connectivity index (χ0v) is 11.1. The Morgan fingerprint density at radius 3 is 2.21 bits per heavy atom. The number of halogens is 2. The molecule has 0 unspecified atom stereocenters. The summed E-state index contributed by atoms with van der Waals surface area (Å²) in [5.74, 6) is 0. The summed E-state index contributed by atoms with van der Waals surface area (Å²) in [5.41, 5.74) is 1.54. The zero-order valence-electron chi connectivity index (χ0n) is 8.56. The Kier molecular flexibility index (Phi) is 4.49. The van der Waals surface area contributed by atoms with Crippen molar-refractivity contribution in [2.24, 2.45) is 0 Å². The third-order valence-corrected chi connectivity index (χ3v) is 4.26. The van der Waals surface area contributed by atoms with Crippen LogP contribution >= 0.6 is 22.2 Å². The standard InChI is InChI=1S/C11H15Cl2Si/c1-11(2,8-9-14(12)13)10-6-4-3-5-7-10/h3-7H,8-9H2,1-2H3. The summed E-state index contributed by atoms with van der Waals surface area (Å²) in [7, 11) is -1.13. The van der Waals surface area contributed by atoms with Gasteiger partial charge in [0.2, 0.25) is 0 Å². The third-order valence-electron chi connectivity index (χ3n) is 2.49. The molecule has 0 saturated carbocycles. The zero-order chi connectivity index (χ0) is 10.6. The minimum absolute atomic E-state index is 0.182. The fourth-order valence-corrected chi connectivity index (χ4v) is 2.82. The molecule has 77 valence electrons. The molecular formula is C11H15Cl2Si. The van der Waals surface area contributed by atoms with Crippen LogP contribution in [-0.2, 0) is 5.41 Å². The molecule has 0 nitrogen and oxygen atoms in total. The maximum atomic E-state index is 5.84. The van der Waals surface area contributed by atoms with Gasteiger partial charge in [-0.2, -0.15) is 0 Å². The SMILES string of the molecule is CC(C)(CC[Si](Cl)Cl)c1ccccc1. The van der Waals surface area contributed by atoms with Crippen LogP contribution in [0.4, 0.5) is 0 Å². The van der Waals surface area contributed by atoms with Gasteiger partial charge in [0, 0.05) is 0 Å². The Hall–Kier alpha value is 0.0169. The molecule has 1 aromatic carbocycles. The van der Waals surface area contributed by atoms with Crippen LogP contribution in [0.5, 0.6) is 0 Å². The van der Waals surface area contributed by atoms with Crippen LogP contribution in [0.1, 0.15) is 25.8 Å². The lowest BCUT2D eigenvalue weighted by Crippen LogP contribution is -2.18.